The van der Waals surface area contributed by atoms with Crippen molar-refractivity contribution in [2.75, 3.05) is 18.7 Å². The summed E-state index contributed by atoms with van der Waals surface area (Å²) in [6.45, 7) is 13.3. The first-order valence-corrected chi connectivity index (χ1v) is 14.0. The Labute approximate surface area is 228 Å². The molecule has 0 spiro atoms. The second-order valence-electron chi connectivity index (χ2n) is 11.3. The zero-order chi connectivity index (χ0) is 27.3. The highest BCUT2D eigenvalue weighted by molar-refractivity contribution is 5.87. The van der Waals surface area contributed by atoms with Crippen molar-refractivity contribution in [2.45, 2.75) is 84.0 Å². The number of hydrogen-bond acceptors (Lipinski definition) is 4. The molecule has 2 atom stereocenters. The molecule has 0 radical (unpaired) electrons. The molecule has 2 aliphatic rings. The number of amides is 1. The first kappa shape index (κ1) is 27.8. The second-order valence-corrected chi connectivity index (χ2v) is 11.3. The number of para-hydroxylation sites is 1. The largest absolute Gasteiger partial charge is 0.472 e. The highest BCUT2D eigenvalue weighted by Gasteiger charge is 2.38. The van der Waals surface area contributed by atoms with Crippen molar-refractivity contribution in [2.24, 2.45) is 5.92 Å². The van der Waals surface area contributed by atoms with E-state index in [1.807, 2.05) is 30.3 Å². The summed E-state index contributed by atoms with van der Waals surface area (Å²) in [7, 11) is 1.39. The summed E-state index contributed by atoms with van der Waals surface area (Å²) in [6, 6.07) is 13.8. The summed E-state index contributed by atoms with van der Waals surface area (Å²) < 4.78 is 18.0. The van der Waals surface area contributed by atoms with Crippen LogP contribution in [-0.4, -0.2) is 19.9 Å². The summed E-state index contributed by atoms with van der Waals surface area (Å²) in [4.78, 5) is 14.2. The fraction of sp³-hybridized carbons (Fsp3) is 0.485. The molecule has 5 nitrogen and oxygen atoms in total. The third-order valence-electron chi connectivity index (χ3n) is 8.09. The van der Waals surface area contributed by atoms with Gasteiger partial charge in [0.05, 0.1) is 12.8 Å². The standard InChI is InChI=1S/C33H43NO4/c1-7-8-9-13-18-33(4,5)25-20-29(37-22-34(32(35)36-6)26-14-11-10-12-15-26)31-28-19-23(2)16-17-27(28)24(3)38-30(31)21-25/h10-12,14-15,19-21,27-28H,3,7-9,13,16-18,22H2,1-2,4-6H3/t27-,28+/m0/s1. The third kappa shape index (κ3) is 6.09. The van der Waals surface area contributed by atoms with Crippen LogP contribution in [0, 0.1) is 5.92 Å². The molecular weight excluding hydrogens is 474 g/mol. The first-order valence-electron chi connectivity index (χ1n) is 14.0. The molecule has 2 aromatic carbocycles. The van der Waals surface area contributed by atoms with E-state index in [0.29, 0.717) is 0 Å². The maximum absolute atomic E-state index is 12.7. The van der Waals surface area contributed by atoms with Crippen LogP contribution in [0.2, 0.25) is 0 Å². The van der Waals surface area contributed by atoms with Crippen LogP contribution in [0.3, 0.4) is 0 Å². The summed E-state index contributed by atoms with van der Waals surface area (Å²) in [5.41, 5.74) is 4.26. The Bertz CT molecular complexity index is 1170. The van der Waals surface area contributed by atoms with E-state index in [4.69, 9.17) is 14.2 Å². The van der Waals surface area contributed by atoms with Gasteiger partial charge < -0.3 is 14.2 Å². The van der Waals surface area contributed by atoms with Gasteiger partial charge in [-0.25, -0.2) is 9.69 Å². The Morgan fingerprint density at radius 2 is 1.92 bits per heavy atom. The number of rotatable bonds is 10. The Kier molecular flexibility index (Phi) is 8.86. The van der Waals surface area contributed by atoms with Gasteiger partial charge in [0.25, 0.3) is 0 Å². The lowest BCUT2D eigenvalue weighted by Crippen LogP contribution is -2.35. The maximum atomic E-state index is 12.7. The fourth-order valence-electron chi connectivity index (χ4n) is 5.68. The number of allylic oxidation sites excluding steroid dienone is 3. The molecule has 5 heteroatoms. The van der Waals surface area contributed by atoms with Crippen molar-refractivity contribution in [1.29, 1.82) is 0 Å². The molecule has 4 rings (SSSR count). The molecule has 0 saturated carbocycles. The smallest absolute Gasteiger partial charge is 0.416 e. The van der Waals surface area contributed by atoms with E-state index in [0.717, 1.165) is 47.8 Å². The number of carbonyl (C=O) groups is 1. The van der Waals surface area contributed by atoms with Gasteiger partial charge in [-0.1, -0.05) is 82.9 Å². The van der Waals surface area contributed by atoms with Gasteiger partial charge in [-0.05, 0) is 61.4 Å². The zero-order valence-corrected chi connectivity index (χ0v) is 23.7. The predicted molar refractivity (Wildman–Crippen MR) is 154 cm³/mol. The molecule has 0 unspecified atom stereocenters. The zero-order valence-electron chi connectivity index (χ0n) is 23.7. The van der Waals surface area contributed by atoms with Crippen LogP contribution in [0.25, 0.3) is 0 Å². The molecule has 1 aliphatic carbocycles. The minimum atomic E-state index is -0.464. The molecule has 1 heterocycles. The molecule has 0 saturated heterocycles. The van der Waals surface area contributed by atoms with Crippen molar-refractivity contribution >= 4 is 11.8 Å². The summed E-state index contributed by atoms with van der Waals surface area (Å²) in [5.74, 6) is 2.76. The lowest BCUT2D eigenvalue weighted by atomic mass is 9.73. The Hall–Kier alpha value is -3.21. The summed E-state index contributed by atoms with van der Waals surface area (Å²) >= 11 is 0. The van der Waals surface area contributed by atoms with E-state index in [-0.39, 0.29) is 24.0 Å². The maximum Gasteiger partial charge on any atom is 0.416 e. The molecular formula is C33H43NO4. The molecule has 1 aliphatic heterocycles. The van der Waals surface area contributed by atoms with Crippen LogP contribution in [-0.2, 0) is 10.2 Å². The molecule has 2 aromatic rings. The number of carbonyl (C=O) groups excluding carboxylic acids is 1. The van der Waals surface area contributed by atoms with Gasteiger partial charge in [-0.2, -0.15) is 0 Å². The molecule has 0 aromatic heterocycles. The third-order valence-corrected chi connectivity index (χ3v) is 8.09. The van der Waals surface area contributed by atoms with E-state index in [1.165, 1.54) is 48.8 Å². The van der Waals surface area contributed by atoms with Crippen LogP contribution in [0.15, 0.2) is 66.5 Å². The number of fused-ring (bicyclic) bond motifs is 3. The SMILES string of the molecule is C=C1Oc2cc(C(C)(C)CCCCCC)cc(OCN(C(=O)OC)c3ccccc3)c2[C@@H]2C=C(C)CC[C@@H]12. The van der Waals surface area contributed by atoms with Crippen molar-refractivity contribution in [3.63, 3.8) is 0 Å². The van der Waals surface area contributed by atoms with Gasteiger partial charge in [0.15, 0.2) is 6.73 Å². The lowest BCUT2D eigenvalue weighted by molar-refractivity contribution is 0.170. The normalized spacial score (nSPS) is 18.6. The summed E-state index contributed by atoms with van der Waals surface area (Å²) in [6.07, 6.45) is 9.91. The number of methoxy groups -OCH3 is 1. The van der Waals surface area contributed by atoms with E-state index < -0.39 is 6.09 Å². The van der Waals surface area contributed by atoms with Gasteiger partial charge in [0.1, 0.15) is 17.3 Å². The van der Waals surface area contributed by atoms with Crippen LogP contribution in [0.5, 0.6) is 11.5 Å². The quantitative estimate of drug-likeness (QED) is 0.179. The van der Waals surface area contributed by atoms with Gasteiger partial charge in [0.2, 0.25) is 0 Å². The second kappa shape index (κ2) is 12.1. The Balaban J connectivity index is 1.73. The number of benzene rings is 2. The van der Waals surface area contributed by atoms with Crippen molar-refractivity contribution in [3.8, 4) is 11.5 Å². The Morgan fingerprint density at radius 3 is 2.63 bits per heavy atom. The molecule has 0 bridgehead atoms. The molecule has 1 amide bonds. The molecule has 0 fully saturated rings. The minimum Gasteiger partial charge on any atom is -0.472 e. The van der Waals surface area contributed by atoms with Crippen LogP contribution < -0.4 is 14.4 Å². The number of ether oxygens (including phenoxy) is 3. The lowest BCUT2D eigenvalue weighted by Gasteiger charge is -2.38. The Morgan fingerprint density at radius 1 is 1.16 bits per heavy atom. The minimum absolute atomic E-state index is 0.0323. The van der Waals surface area contributed by atoms with Gasteiger partial charge in [-0.15, -0.1) is 0 Å². The van der Waals surface area contributed by atoms with Gasteiger partial charge in [0, 0.05) is 17.4 Å². The predicted octanol–water partition coefficient (Wildman–Crippen LogP) is 8.89. The van der Waals surface area contributed by atoms with Gasteiger partial charge >= 0.3 is 6.09 Å². The number of nitrogens with zero attached hydrogens (tertiary/aromatic N) is 1. The fourth-order valence-corrected chi connectivity index (χ4v) is 5.68. The molecule has 38 heavy (non-hydrogen) atoms. The molecule has 0 N–H and O–H groups in total. The van der Waals surface area contributed by atoms with Crippen molar-refractivity contribution in [1.82, 2.24) is 0 Å². The number of unbranched alkanes of at least 4 members (excludes halogenated alkanes) is 3. The first-order chi connectivity index (χ1) is 18.2. The van der Waals surface area contributed by atoms with Gasteiger partial charge in [-0.3, -0.25) is 0 Å². The van der Waals surface area contributed by atoms with Crippen molar-refractivity contribution < 1.29 is 19.0 Å². The van der Waals surface area contributed by atoms with E-state index >= 15 is 0 Å². The topological polar surface area (TPSA) is 48.0 Å². The van der Waals surface area contributed by atoms with Crippen molar-refractivity contribution in [3.05, 3.63) is 77.6 Å². The number of anilines is 1. The van der Waals surface area contributed by atoms with Crippen LogP contribution in [0.4, 0.5) is 10.5 Å². The highest BCUT2D eigenvalue weighted by Crippen LogP contribution is 2.52. The average Bonchev–Trinajstić information content (AvgIpc) is 2.91. The summed E-state index contributed by atoms with van der Waals surface area (Å²) in [5, 5.41) is 0. The monoisotopic (exact) mass is 517 g/mol. The van der Waals surface area contributed by atoms with E-state index in [9.17, 15) is 4.79 Å². The number of hydrogen-bond donors (Lipinski definition) is 0. The van der Waals surface area contributed by atoms with E-state index in [1.54, 1.807) is 0 Å². The van der Waals surface area contributed by atoms with Crippen LogP contribution in [0.1, 0.15) is 89.7 Å². The highest BCUT2D eigenvalue weighted by atomic mass is 16.6. The average molecular weight is 518 g/mol. The van der Waals surface area contributed by atoms with E-state index in [2.05, 4.69) is 52.5 Å². The molecule has 204 valence electrons. The van der Waals surface area contributed by atoms with Crippen LogP contribution >= 0.6 is 0 Å².